The highest BCUT2D eigenvalue weighted by Crippen LogP contribution is 2.09. The topological polar surface area (TPSA) is 55.4 Å². The normalized spacial score (nSPS) is 13.4. The summed E-state index contributed by atoms with van der Waals surface area (Å²) in [6, 6.07) is 0. The summed E-state index contributed by atoms with van der Waals surface area (Å²) in [4.78, 5) is 22.8. The molecule has 0 saturated carbocycles. The number of carbonyl (C=O) groups excluding carboxylic acids is 2. The van der Waals surface area contributed by atoms with E-state index < -0.39 is 11.7 Å². The van der Waals surface area contributed by atoms with Gasteiger partial charge in [0.05, 0.1) is 0 Å². The number of amides is 1. The minimum absolute atomic E-state index is 0.0546. The third-order valence-corrected chi connectivity index (χ3v) is 2.19. The Bertz CT molecular complexity index is 266. The van der Waals surface area contributed by atoms with Gasteiger partial charge in [-0.25, -0.2) is 4.79 Å². The second-order valence-electron chi connectivity index (χ2n) is 5.81. The van der Waals surface area contributed by atoms with E-state index in [1.807, 2.05) is 41.5 Å². The fourth-order valence-electron chi connectivity index (χ4n) is 1.22. The van der Waals surface area contributed by atoms with Crippen molar-refractivity contribution in [2.24, 2.45) is 11.8 Å². The highest BCUT2D eigenvalue weighted by atomic mass is 16.6. The lowest BCUT2D eigenvalue weighted by atomic mass is 9.98. The van der Waals surface area contributed by atoms with E-state index in [1.54, 1.807) is 0 Å². The van der Waals surface area contributed by atoms with Crippen LogP contribution in [0.4, 0.5) is 4.79 Å². The molecule has 4 heteroatoms. The van der Waals surface area contributed by atoms with Crippen LogP contribution in [0, 0.1) is 11.8 Å². The molecule has 0 fully saturated rings. The van der Waals surface area contributed by atoms with Crippen molar-refractivity contribution in [3.05, 3.63) is 0 Å². The van der Waals surface area contributed by atoms with Gasteiger partial charge in [0.25, 0.3) is 0 Å². The number of alkyl carbamates (subject to hydrolysis) is 1. The van der Waals surface area contributed by atoms with Crippen molar-refractivity contribution < 1.29 is 14.3 Å². The largest absolute Gasteiger partial charge is 0.444 e. The van der Waals surface area contributed by atoms with Crippen molar-refractivity contribution in [1.82, 2.24) is 5.32 Å². The number of Topliss-reactive ketones (excluding diaryl/α,β-unsaturated/α-hetero) is 1. The first-order valence-corrected chi connectivity index (χ1v) is 6.11. The van der Waals surface area contributed by atoms with Crippen molar-refractivity contribution in [3.63, 3.8) is 0 Å². The van der Waals surface area contributed by atoms with Gasteiger partial charge in [-0.3, -0.25) is 4.79 Å². The number of hydrogen-bond donors (Lipinski definition) is 1. The Labute approximate surface area is 104 Å². The van der Waals surface area contributed by atoms with E-state index in [-0.39, 0.29) is 17.6 Å². The van der Waals surface area contributed by atoms with Gasteiger partial charge in [-0.2, -0.15) is 0 Å². The molecule has 0 rings (SSSR count). The van der Waals surface area contributed by atoms with Crippen molar-refractivity contribution in [3.8, 4) is 0 Å². The first-order chi connectivity index (χ1) is 7.61. The average Bonchev–Trinajstić information content (AvgIpc) is 2.11. The summed E-state index contributed by atoms with van der Waals surface area (Å²) in [5.41, 5.74) is -0.485. The molecule has 0 radical (unpaired) electrons. The molecule has 100 valence electrons. The third-order valence-electron chi connectivity index (χ3n) is 2.19. The Kier molecular flexibility index (Phi) is 6.21. The molecule has 0 aliphatic heterocycles. The smallest absolute Gasteiger partial charge is 0.407 e. The van der Waals surface area contributed by atoms with Crippen LogP contribution in [0.2, 0.25) is 0 Å². The molecule has 0 spiro atoms. The Hall–Kier alpha value is -1.06. The van der Waals surface area contributed by atoms with E-state index in [0.717, 1.165) is 0 Å². The number of ketones is 1. The van der Waals surface area contributed by atoms with Gasteiger partial charge in [0.1, 0.15) is 11.4 Å². The first kappa shape index (κ1) is 15.9. The van der Waals surface area contributed by atoms with Crippen LogP contribution in [0.1, 0.15) is 48.0 Å². The molecule has 17 heavy (non-hydrogen) atoms. The molecular formula is C13H25NO3. The summed E-state index contributed by atoms with van der Waals surface area (Å²) < 4.78 is 5.11. The lowest BCUT2D eigenvalue weighted by Gasteiger charge is -2.20. The SMILES string of the molecule is CC(CNC(=O)OC(C)(C)C)CC(=O)C(C)C. The molecule has 4 nitrogen and oxygen atoms in total. The highest BCUT2D eigenvalue weighted by molar-refractivity contribution is 5.80. The highest BCUT2D eigenvalue weighted by Gasteiger charge is 2.17. The Morgan fingerprint density at radius 2 is 1.71 bits per heavy atom. The molecule has 0 aromatic heterocycles. The fourth-order valence-corrected chi connectivity index (χ4v) is 1.22. The molecule has 0 aliphatic rings. The Balaban J connectivity index is 3.88. The molecule has 1 unspecified atom stereocenters. The number of hydrogen-bond acceptors (Lipinski definition) is 3. The third kappa shape index (κ3) is 8.72. The molecule has 0 aromatic rings. The van der Waals surface area contributed by atoms with Gasteiger partial charge in [0.2, 0.25) is 0 Å². The standard InChI is InChI=1S/C13H25NO3/c1-9(2)11(15)7-10(3)8-14-12(16)17-13(4,5)6/h9-10H,7-8H2,1-6H3,(H,14,16). The van der Waals surface area contributed by atoms with Gasteiger partial charge in [-0.05, 0) is 26.7 Å². The zero-order chi connectivity index (χ0) is 13.6. The molecule has 0 bridgehead atoms. The molecule has 0 aromatic carbocycles. The first-order valence-electron chi connectivity index (χ1n) is 6.11. The fraction of sp³-hybridized carbons (Fsp3) is 0.846. The van der Waals surface area contributed by atoms with Crippen molar-refractivity contribution >= 4 is 11.9 Å². The summed E-state index contributed by atoms with van der Waals surface area (Å²) in [7, 11) is 0. The van der Waals surface area contributed by atoms with Crippen LogP contribution in [0.3, 0.4) is 0 Å². The summed E-state index contributed by atoms with van der Waals surface area (Å²) in [5.74, 6) is 0.417. The van der Waals surface area contributed by atoms with Gasteiger partial charge in [0, 0.05) is 18.9 Å². The molecule has 1 N–H and O–H groups in total. The Morgan fingerprint density at radius 1 is 1.18 bits per heavy atom. The molecule has 1 amide bonds. The summed E-state index contributed by atoms with van der Waals surface area (Å²) in [5, 5.41) is 2.67. The van der Waals surface area contributed by atoms with Gasteiger partial charge < -0.3 is 10.1 Å². The zero-order valence-electron chi connectivity index (χ0n) is 11.8. The molecular weight excluding hydrogens is 218 g/mol. The second kappa shape index (κ2) is 6.62. The van der Waals surface area contributed by atoms with Crippen molar-refractivity contribution in [2.45, 2.75) is 53.6 Å². The van der Waals surface area contributed by atoms with Crippen LogP contribution in [0.15, 0.2) is 0 Å². The van der Waals surface area contributed by atoms with Gasteiger partial charge in [0.15, 0.2) is 0 Å². The number of nitrogens with one attached hydrogen (secondary N) is 1. The minimum atomic E-state index is -0.485. The van der Waals surface area contributed by atoms with Gasteiger partial charge >= 0.3 is 6.09 Å². The van der Waals surface area contributed by atoms with E-state index >= 15 is 0 Å². The van der Waals surface area contributed by atoms with E-state index in [0.29, 0.717) is 13.0 Å². The minimum Gasteiger partial charge on any atom is -0.444 e. The number of rotatable bonds is 5. The lowest BCUT2D eigenvalue weighted by molar-refractivity contribution is -0.122. The van der Waals surface area contributed by atoms with Gasteiger partial charge in [-0.15, -0.1) is 0 Å². The van der Waals surface area contributed by atoms with Crippen LogP contribution in [-0.4, -0.2) is 24.0 Å². The van der Waals surface area contributed by atoms with E-state index in [4.69, 9.17) is 4.74 Å². The molecule has 0 heterocycles. The summed E-state index contributed by atoms with van der Waals surface area (Å²) >= 11 is 0. The number of ether oxygens (including phenoxy) is 1. The van der Waals surface area contributed by atoms with Crippen molar-refractivity contribution in [1.29, 1.82) is 0 Å². The average molecular weight is 243 g/mol. The summed E-state index contributed by atoms with van der Waals surface area (Å²) in [6.07, 6.45) is 0.0642. The maximum Gasteiger partial charge on any atom is 0.407 e. The maximum absolute atomic E-state index is 11.5. The molecule has 0 aliphatic carbocycles. The van der Waals surface area contributed by atoms with Crippen LogP contribution in [0.25, 0.3) is 0 Å². The lowest BCUT2D eigenvalue weighted by Crippen LogP contribution is -2.35. The zero-order valence-corrected chi connectivity index (χ0v) is 11.8. The quantitative estimate of drug-likeness (QED) is 0.807. The van der Waals surface area contributed by atoms with Crippen molar-refractivity contribution in [2.75, 3.05) is 6.54 Å². The molecule has 0 saturated heterocycles. The predicted molar refractivity (Wildman–Crippen MR) is 67.9 cm³/mol. The van der Waals surface area contributed by atoms with Crippen LogP contribution in [0.5, 0.6) is 0 Å². The summed E-state index contributed by atoms with van der Waals surface area (Å²) in [6.45, 7) is 11.6. The second-order valence-corrected chi connectivity index (χ2v) is 5.81. The maximum atomic E-state index is 11.5. The molecule has 1 atom stereocenters. The van der Waals surface area contributed by atoms with Gasteiger partial charge in [-0.1, -0.05) is 20.8 Å². The van der Waals surface area contributed by atoms with Crippen LogP contribution in [-0.2, 0) is 9.53 Å². The predicted octanol–water partition coefficient (Wildman–Crippen LogP) is 2.76. The van der Waals surface area contributed by atoms with E-state index in [1.165, 1.54) is 0 Å². The van der Waals surface area contributed by atoms with Crippen LogP contribution >= 0.6 is 0 Å². The van der Waals surface area contributed by atoms with E-state index in [9.17, 15) is 9.59 Å². The number of carbonyl (C=O) groups is 2. The monoisotopic (exact) mass is 243 g/mol. The van der Waals surface area contributed by atoms with Crippen LogP contribution < -0.4 is 5.32 Å². The Morgan fingerprint density at radius 3 is 2.12 bits per heavy atom. The van der Waals surface area contributed by atoms with E-state index in [2.05, 4.69) is 5.32 Å².